The molecule has 1 atom stereocenters. The quantitative estimate of drug-likeness (QED) is 0.686. The molecule has 0 aliphatic heterocycles. The smallest absolute Gasteiger partial charge is 0.316 e. The maximum absolute atomic E-state index is 10.9. The van der Waals surface area contributed by atoms with Gasteiger partial charge < -0.3 is 5.11 Å². The van der Waals surface area contributed by atoms with Crippen molar-refractivity contribution in [3.05, 3.63) is 42.2 Å². The van der Waals surface area contributed by atoms with Gasteiger partial charge in [0.25, 0.3) is 0 Å². The van der Waals surface area contributed by atoms with Crippen LogP contribution in [0.15, 0.2) is 41.4 Å². The van der Waals surface area contributed by atoms with Crippen molar-refractivity contribution in [2.24, 2.45) is 0 Å². The van der Waals surface area contributed by atoms with E-state index >= 15 is 0 Å². The minimum absolute atomic E-state index is 0.530. The van der Waals surface area contributed by atoms with Crippen LogP contribution in [-0.2, 0) is 4.79 Å². The predicted octanol–water partition coefficient (Wildman–Crippen LogP) is 3.02. The Morgan fingerprint density at radius 2 is 1.95 bits per heavy atom. The number of carbonyl (C=O) groups is 1. The molecule has 2 rings (SSSR count). The summed E-state index contributed by atoms with van der Waals surface area (Å²) in [6, 6.07) is 11.6. The first-order valence-electron chi connectivity index (χ1n) is 5.87. The van der Waals surface area contributed by atoms with Crippen molar-refractivity contribution in [1.82, 2.24) is 9.97 Å². The summed E-state index contributed by atoms with van der Waals surface area (Å²) < 4.78 is 0. The summed E-state index contributed by atoms with van der Waals surface area (Å²) in [4.78, 5) is 19.5. The lowest BCUT2D eigenvalue weighted by Crippen LogP contribution is -2.11. The average Bonchev–Trinajstić information content (AvgIpc) is 2.39. The molecule has 0 radical (unpaired) electrons. The number of rotatable bonds is 4. The molecule has 1 heterocycles. The Balaban J connectivity index is 2.32. The lowest BCUT2D eigenvalue weighted by Gasteiger charge is -2.08. The summed E-state index contributed by atoms with van der Waals surface area (Å²) in [5, 5.41) is 9.09. The molecular weight excluding hydrogens is 260 g/mol. The molecule has 0 aliphatic rings. The molecule has 19 heavy (non-hydrogen) atoms. The van der Waals surface area contributed by atoms with Crippen molar-refractivity contribution in [3.8, 4) is 11.3 Å². The van der Waals surface area contributed by atoms with Gasteiger partial charge in [-0.2, -0.15) is 0 Å². The number of nitrogens with zero attached hydrogens (tertiary/aromatic N) is 2. The van der Waals surface area contributed by atoms with Gasteiger partial charge in [-0.1, -0.05) is 42.1 Å². The highest BCUT2D eigenvalue weighted by Gasteiger charge is 2.14. The second-order valence-electron chi connectivity index (χ2n) is 4.10. The third kappa shape index (κ3) is 3.54. The fourth-order valence-corrected chi connectivity index (χ4v) is 2.42. The summed E-state index contributed by atoms with van der Waals surface area (Å²) in [5.74, 6) is -0.205. The first-order valence-corrected chi connectivity index (χ1v) is 6.75. The Hall–Kier alpha value is -1.88. The first-order chi connectivity index (χ1) is 9.06. The number of hydrogen-bond donors (Lipinski definition) is 1. The zero-order valence-corrected chi connectivity index (χ0v) is 11.5. The van der Waals surface area contributed by atoms with Crippen LogP contribution in [0.2, 0.25) is 0 Å². The Morgan fingerprint density at radius 3 is 2.58 bits per heavy atom. The Bertz CT molecular complexity index is 587. The summed E-state index contributed by atoms with van der Waals surface area (Å²) >= 11 is 1.22. The summed E-state index contributed by atoms with van der Waals surface area (Å²) in [7, 11) is 0. The van der Waals surface area contributed by atoms with Gasteiger partial charge >= 0.3 is 5.97 Å². The van der Waals surface area contributed by atoms with Crippen molar-refractivity contribution in [2.75, 3.05) is 0 Å². The second kappa shape index (κ2) is 5.84. The summed E-state index contributed by atoms with van der Waals surface area (Å²) in [5.41, 5.74) is 1.81. The molecule has 1 aromatic heterocycles. The van der Waals surface area contributed by atoms with Crippen LogP contribution in [-0.4, -0.2) is 26.3 Å². The van der Waals surface area contributed by atoms with Crippen LogP contribution in [0.1, 0.15) is 12.7 Å². The molecule has 0 bridgehead atoms. The van der Waals surface area contributed by atoms with Crippen LogP contribution in [0.3, 0.4) is 0 Å². The molecule has 0 aliphatic carbocycles. The van der Waals surface area contributed by atoms with Gasteiger partial charge in [0, 0.05) is 5.56 Å². The maximum atomic E-state index is 10.9. The molecule has 1 aromatic carbocycles. The van der Waals surface area contributed by atoms with E-state index < -0.39 is 11.2 Å². The van der Waals surface area contributed by atoms with E-state index in [2.05, 4.69) is 9.97 Å². The topological polar surface area (TPSA) is 63.1 Å². The third-order valence-corrected chi connectivity index (χ3v) is 3.54. The summed E-state index contributed by atoms with van der Waals surface area (Å²) in [6.07, 6.45) is 0. The van der Waals surface area contributed by atoms with E-state index in [0.29, 0.717) is 10.9 Å². The monoisotopic (exact) mass is 274 g/mol. The second-order valence-corrected chi connectivity index (χ2v) is 5.46. The lowest BCUT2D eigenvalue weighted by atomic mass is 10.1. The number of carboxylic acid groups (broad SMARTS) is 1. The highest BCUT2D eigenvalue weighted by Crippen LogP contribution is 2.25. The fourth-order valence-electron chi connectivity index (χ4n) is 1.59. The zero-order chi connectivity index (χ0) is 13.8. The highest BCUT2D eigenvalue weighted by molar-refractivity contribution is 8.00. The minimum Gasteiger partial charge on any atom is -0.480 e. The van der Waals surface area contributed by atoms with Crippen LogP contribution in [0.5, 0.6) is 0 Å². The van der Waals surface area contributed by atoms with Crippen molar-refractivity contribution < 1.29 is 9.90 Å². The number of hydrogen-bond acceptors (Lipinski definition) is 4. The van der Waals surface area contributed by atoms with E-state index in [-0.39, 0.29) is 0 Å². The van der Waals surface area contributed by atoms with E-state index in [1.54, 1.807) is 6.92 Å². The minimum atomic E-state index is -0.845. The van der Waals surface area contributed by atoms with Crippen LogP contribution >= 0.6 is 11.8 Å². The Morgan fingerprint density at radius 1 is 1.26 bits per heavy atom. The van der Waals surface area contributed by atoms with Gasteiger partial charge in [0.05, 0.1) is 5.69 Å². The molecule has 0 fully saturated rings. The van der Waals surface area contributed by atoms with Gasteiger partial charge in [0.2, 0.25) is 0 Å². The van der Waals surface area contributed by atoms with Crippen LogP contribution < -0.4 is 0 Å². The molecular formula is C14H14N2O2S. The highest BCUT2D eigenvalue weighted by atomic mass is 32.2. The van der Waals surface area contributed by atoms with E-state index in [1.807, 2.05) is 43.3 Å². The number of aliphatic carboxylic acids is 1. The SMILES string of the molecule is Cc1nc(SC(C)C(=O)O)cc(-c2ccccc2)n1. The van der Waals surface area contributed by atoms with Crippen molar-refractivity contribution in [3.63, 3.8) is 0 Å². The zero-order valence-electron chi connectivity index (χ0n) is 10.7. The van der Waals surface area contributed by atoms with Crippen LogP contribution in [0.25, 0.3) is 11.3 Å². The van der Waals surface area contributed by atoms with Crippen molar-refractivity contribution in [2.45, 2.75) is 24.1 Å². The van der Waals surface area contributed by atoms with E-state index in [0.717, 1.165) is 11.3 Å². The Kier molecular flexibility index (Phi) is 4.16. The van der Waals surface area contributed by atoms with Gasteiger partial charge in [-0.15, -0.1) is 0 Å². The molecule has 4 nitrogen and oxygen atoms in total. The molecule has 0 saturated carbocycles. The molecule has 2 aromatic rings. The Labute approximate surface area is 115 Å². The molecule has 1 unspecified atom stereocenters. The van der Waals surface area contributed by atoms with Crippen LogP contribution in [0, 0.1) is 6.92 Å². The van der Waals surface area contributed by atoms with E-state index in [1.165, 1.54) is 11.8 Å². The molecule has 0 amide bonds. The van der Waals surface area contributed by atoms with Crippen molar-refractivity contribution in [1.29, 1.82) is 0 Å². The van der Waals surface area contributed by atoms with Gasteiger partial charge in [-0.05, 0) is 19.9 Å². The molecule has 0 spiro atoms. The normalized spacial score (nSPS) is 12.1. The van der Waals surface area contributed by atoms with Crippen molar-refractivity contribution >= 4 is 17.7 Å². The number of benzene rings is 1. The van der Waals surface area contributed by atoms with E-state index in [9.17, 15) is 4.79 Å². The molecule has 0 saturated heterocycles. The number of thioether (sulfide) groups is 1. The average molecular weight is 274 g/mol. The maximum Gasteiger partial charge on any atom is 0.316 e. The van der Waals surface area contributed by atoms with Gasteiger partial charge in [0.15, 0.2) is 0 Å². The number of carboxylic acids is 1. The predicted molar refractivity (Wildman–Crippen MR) is 75.2 cm³/mol. The first kappa shape index (κ1) is 13.5. The summed E-state index contributed by atoms with van der Waals surface area (Å²) in [6.45, 7) is 3.45. The fraction of sp³-hybridized carbons (Fsp3) is 0.214. The molecule has 5 heteroatoms. The lowest BCUT2D eigenvalue weighted by molar-refractivity contribution is -0.136. The van der Waals surface area contributed by atoms with Gasteiger partial charge in [0.1, 0.15) is 16.1 Å². The van der Waals surface area contributed by atoms with Gasteiger partial charge in [-0.25, -0.2) is 9.97 Å². The molecule has 1 N–H and O–H groups in total. The third-order valence-electron chi connectivity index (χ3n) is 2.53. The largest absolute Gasteiger partial charge is 0.480 e. The van der Waals surface area contributed by atoms with Crippen LogP contribution in [0.4, 0.5) is 0 Å². The standard InChI is InChI=1S/C14H14N2O2S/c1-9(14(17)18)19-13-8-12(15-10(2)16-13)11-6-4-3-5-7-11/h3-9H,1-2H3,(H,17,18). The number of aryl methyl sites for hydroxylation is 1. The van der Waals surface area contributed by atoms with E-state index in [4.69, 9.17) is 5.11 Å². The number of aromatic nitrogens is 2. The van der Waals surface area contributed by atoms with Gasteiger partial charge in [-0.3, -0.25) is 4.79 Å². The molecule has 98 valence electrons.